The first-order valence-electron chi connectivity index (χ1n) is 4.70. The van der Waals surface area contributed by atoms with E-state index >= 15 is 0 Å². The molecule has 7 heteroatoms. The van der Waals surface area contributed by atoms with Gasteiger partial charge in [-0.3, -0.25) is 4.79 Å². The number of hydrogen-bond donors (Lipinski definition) is 1. The number of anilines is 2. The van der Waals surface area contributed by atoms with Gasteiger partial charge in [-0.15, -0.1) is 0 Å². The number of amides is 1. The second-order valence-electron chi connectivity index (χ2n) is 3.73. The molecule has 0 aliphatic heterocycles. The van der Waals surface area contributed by atoms with E-state index in [4.69, 9.17) is 5.73 Å². The van der Waals surface area contributed by atoms with Crippen molar-refractivity contribution in [3.63, 3.8) is 0 Å². The minimum Gasteiger partial charge on any atom is -0.397 e. The molecule has 0 unspecified atom stereocenters. The molecule has 2 N–H and O–H groups in total. The van der Waals surface area contributed by atoms with Crippen LogP contribution < -0.4 is 10.6 Å². The molecule has 0 radical (unpaired) electrons. The van der Waals surface area contributed by atoms with Crippen LogP contribution >= 0.6 is 15.9 Å². The summed E-state index contributed by atoms with van der Waals surface area (Å²) in [5.74, 6) is -1.04. The molecule has 0 saturated heterocycles. The summed E-state index contributed by atoms with van der Waals surface area (Å²) in [6, 6.07) is 5.04. The molecule has 1 rings (SSSR count). The van der Waals surface area contributed by atoms with Gasteiger partial charge in [0, 0.05) is 17.8 Å². The van der Waals surface area contributed by atoms with E-state index in [-0.39, 0.29) is 0 Å². The average molecular weight is 321 g/mol. The topological polar surface area (TPSA) is 80.5 Å². The molecule has 0 heterocycles. The highest BCUT2D eigenvalue weighted by molar-refractivity contribution is 9.10. The maximum Gasteiger partial charge on any atom is 0.241 e. The van der Waals surface area contributed by atoms with Crippen LogP contribution in [0.4, 0.5) is 11.4 Å². The van der Waals surface area contributed by atoms with E-state index in [2.05, 4.69) is 15.9 Å². The van der Waals surface area contributed by atoms with Crippen LogP contribution in [0.3, 0.4) is 0 Å². The molecule has 0 atom stereocenters. The largest absolute Gasteiger partial charge is 0.397 e. The van der Waals surface area contributed by atoms with Crippen LogP contribution in [0.2, 0.25) is 0 Å². The van der Waals surface area contributed by atoms with E-state index in [0.717, 1.165) is 10.7 Å². The lowest BCUT2D eigenvalue weighted by Gasteiger charge is -2.18. The Morgan fingerprint density at radius 3 is 2.53 bits per heavy atom. The highest BCUT2D eigenvalue weighted by Crippen LogP contribution is 2.25. The molecule has 0 spiro atoms. The maximum atomic E-state index is 11.7. The number of halogens is 1. The van der Waals surface area contributed by atoms with Crippen molar-refractivity contribution in [1.82, 2.24) is 0 Å². The van der Waals surface area contributed by atoms with Gasteiger partial charge >= 0.3 is 0 Å². The summed E-state index contributed by atoms with van der Waals surface area (Å²) in [5.41, 5.74) is 6.64. The molecule has 1 aromatic carbocycles. The third kappa shape index (κ3) is 4.01. The van der Waals surface area contributed by atoms with E-state index in [9.17, 15) is 13.2 Å². The minimum absolute atomic E-state index is 0.406. The van der Waals surface area contributed by atoms with Gasteiger partial charge in [0.15, 0.2) is 9.84 Å². The Balaban J connectivity index is 2.97. The van der Waals surface area contributed by atoms with Crippen molar-refractivity contribution in [3.05, 3.63) is 22.7 Å². The van der Waals surface area contributed by atoms with Gasteiger partial charge < -0.3 is 10.6 Å². The van der Waals surface area contributed by atoms with Gasteiger partial charge in [-0.05, 0) is 18.2 Å². The third-order valence-corrected chi connectivity index (χ3v) is 3.38. The van der Waals surface area contributed by atoms with Gasteiger partial charge in [-0.1, -0.05) is 15.9 Å². The number of benzene rings is 1. The quantitative estimate of drug-likeness (QED) is 0.844. The number of carbonyl (C=O) groups excluding carboxylic acids is 1. The van der Waals surface area contributed by atoms with Crippen LogP contribution in [0.5, 0.6) is 0 Å². The van der Waals surface area contributed by atoms with Crippen LogP contribution in [0.25, 0.3) is 0 Å². The normalized spacial score (nSPS) is 11.2. The number of rotatable bonds is 3. The number of carbonyl (C=O) groups is 1. The van der Waals surface area contributed by atoms with Crippen molar-refractivity contribution in [2.75, 3.05) is 29.7 Å². The van der Waals surface area contributed by atoms with Crippen molar-refractivity contribution in [1.29, 1.82) is 0 Å². The van der Waals surface area contributed by atoms with E-state index in [1.165, 1.54) is 11.9 Å². The van der Waals surface area contributed by atoms with Crippen molar-refractivity contribution in [3.8, 4) is 0 Å². The van der Waals surface area contributed by atoms with Gasteiger partial charge in [-0.2, -0.15) is 0 Å². The van der Waals surface area contributed by atoms with Crippen molar-refractivity contribution in [2.45, 2.75) is 0 Å². The predicted octanol–water partition coefficient (Wildman–Crippen LogP) is 1.04. The Hall–Kier alpha value is -1.08. The fraction of sp³-hybridized carbons (Fsp3) is 0.300. The van der Waals surface area contributed by atoms with Crippen molar-refractivity contribution >= 4 is 43.0 Å². The summed E-state index contributed by atoms with van der Waals surface area (Å²) in [6.07, 6.45) is 1.02. The summed E-state index contributed by atoms with van der Waals surface area (Å²) in [7, 11) is -1.85. The summed E-state index contributed by atoms with van der Waals surface area (Å²) in [6.45, 7) is 0. The second kappa shape index (κ2) is 5.05. The van der Waals surface area contributed by atoms with E-state index in [0.29, 0.717) is 11.4 Å². The first-order valence-corrected chi connectivity index (χ1v) is 7.55. The first kappa shape index (κ1) is 14.0. The number of sulfone groups is 1. The van der Waals surface area contributed by atoms with Crippen LogP contribution in [0.1, 0.15) is 0 Å². The molecule has 1 aromatic rings. The lowest BCUT2D eigenvalue weighted by Crippen LogP contribution is -2.32. The van der Waals surface area contributed by atoms with E-state index in [1.807, 2.05) is 0 Å². The zero-order valence-corrected chi connectivity index (χ0v) is 11.9. The molecule has 0 saturated carbocycles. The zero-order chi connectivity index (χ0) is 13.2. The van der Waals surface area contributed by atoms with Crippen LogP contribution in [-0.2, 0) is 14.6 Å². The van der Waals surface area contributed by atoms with Gasteiger partial charge in [0.25, 0.3) is 0 Å². The van der Waals surface area contributed by atoms with Gasteiger partial charge in [0.2, 0.25) is 5.91 Å². The maximum absolute atomic E-state index is 11.7. The molecule has 0 bridgehead atoms. The second-order valence-corrected chi connectivity index (χ2v) is 6.78. The molecular weight excluding hydrogens is 308 g/mol. The molecule has 17 heavy (non-hydrogen) atoms. The highest BCUT2D eigenvalue weighted by atomic mass is 79.9. The standard InChI is InChI=1S/C10H13BrN2O3S/c1-13(10(14)6-17(2,15)16)9-4-3-7(11)5-8(9)12/h3-5H,6,12H2,1-2H3. The Labute approximate surface area is 109 Å². The fourth-order valence-corrected chi connectivity index (χ4v) is 2.31. The monoisotopic (exact) mass is 320 g/mol. The van der Waals surface area contributed by atoms with Crippen molar-refractivity contribution in [2.24, 2.45) is 0 Å². The van der Waals surface area contributed by atoms with Crippen LogP contribution in [0.15, 0.2) is 22.7 Å². The Bertz CT molecular complexity index is 542. The minimum atomic E-state index is -3.34. The fourth-order valence-electron chi connectivity index (χ4n) is 1.29. The van der Waals surface area contributed by atoms with Crippen LogP contribution in [0, 0.1) is 0 Å². The number of nitrogen functional groups attached to an aromatic ring is 1. The molecule has 0 fully saturated rings. The number of hydrogen-bond acceptors (Lipinski definition) is 4. The van der Waals surface area contributed by atoms with Gasteiger partial charge in [0.05, 0.1) is 11.4 Å². The van der Waals surface area contributed by atoms with Crippen LogP contribution in [-0.4, -0.2) is 33.4 Å². The molecule has 1 amide bonds. The summed E-state index contributed by atoms with van der Waals surface area (Å²) in [4.78, 5) is 12.9. The smallest absolute Gasteiger partial charge is 0.241 e. The Morgan fingerprint density at radius 2 is 2.06 bits per heavy atom. The molecule has 0 aliphatic carbocycles. The third-order valence-electron chi connectivity index (χ3n) is 2.11. The zero-order valence-electron chi connectivity index (χ0n) is 9.47. The molecular formula is C10H13BrN2O3S. The lowest BCUT2D eigenvalue weighted by atomic mass is 10.2. The summed E-state index contributed by atoms with van der Waals surface area (Å²) in [5, 5.41) is 0. The van der Waals surface area contributed by atoms with E-state index < -0.39 is 21.5 Å². The summed E-state index contributed by atoms with van der Waals surface area (Å²) >= 11 is 3.25. The number of nitrogens with two attached hydrogens (primary N) is 1. The van der Waals surface area contributed by atoms with Crippen molar-refractivity contribution < 1.29 is 13.2 Å². The highest BCUT2D eigenvalue weighted by Gasteiger charge is 2.18. The Morgan fingerprint density at radius 1 is 1.47 bits per heavy atom. The lowest BCUT2D eigenvalue weighted by molar-refractivity contribution is -0.115. The average Bonchev–Trinajstić information content (AvgIpc) is 2.14. The first-order chi connectivity index (χ1) is 7.70. The SMILES string of the molecule is CN(C(=O)CS(C)(=O)=O)c1ccc(Br)cc1N. The summed E-state index contributed by atoms with van der Waals surface area (Å²) < 4.78 is 22.9. The predicted molar refractivity (Wildman–Crippen MR) is 71.7 cm³/mol. The molecule has 0 aliphatic rings. The van der Waals surface area contributed by atoms with Gasteiger partial charge in [-0.25, -0.2) is 8.42 Å². The molecule has 0 aromatic heterocycles. The van der Waals surface area contributed by atoms with Gasteiger partial charge in [0.1, 0.15) is 5.75 Å². The Kier molecular flexibility index (Phi) is 4.16. The van der Waals surface area contributed by atoms with E-state index in [1.54, 1.807) is 18.2 Å². The number of nitrogens with zero attached hydrogens (tertiary/aromatic N) is 1. The molecule has 94 valence electrons. The molecule has 5 nitrogen and oxygen atoms in total.